The van der Waals surface area contributed by atoms with Gasteiger partial charge in [-0.25, -0.2) is 13.4 Å². The van der Waals surface area contributed by atoms with Gasteiger partial charge in [0, 0.05) is 17.4 Å². The van der Waals surface area contributed by atoms with Crippen molar-refractivity contribution in [2.24, 2.45) is 5.92 Å². The standard InChI is InChI=1S/C26H30N4O5S2/c1-17(2)14-20(29-26(33)23-15-18-8-3-4-10-22(18)36-23)25(32)28-19-9-7-13-30(16-21(19)31)37(34,35)24-11-5-6-12-27-24/h3-6,8,10-12,15,17,19-20H,7,9,13-14,16H2,1-2H3,(H,28,32)(H,29,33)/t19?,20-/m0/s1. The average Bonchev–Trinajstić information content (AvgIpc) is 3.23. The minimum atomic E-state index is -3.93. The number of ketones is 1. The van der Waals surface area contributed by atoms with E-state index in [1.54, 1.807) is 18.2 Å². The summed E-state index contributed by atoms with van der Waals surface area (Å²) in [6.07, 6.45) is 2.48. The lowest BCUT2D eigenvalue weighted by atomic mass is 10.0. The van der Waals surface area contributed by atoms with Gasteiger partial charge in [-0.1, -0.05) is 38.1 Å². The number of amides is 2. The van der Waals surface area contributed by atoms with Gasteiger partial charge in [-0.2, -0.15) is 4.31 Å². The molecule has 2 atom stereocenters. The highest BCUT2D eigenvalue weighted by Gasteiger charge is 2.35. The van der Waals surface area contributed by atoms with Crippen LogP contribution < -0.4 is 10.6 Å². The third-order valence-electron chi connectivity index (χ3n) is 6.16. The molecule has 11 heteroatoms. The van der Waals surface area contributed by atoms with E-state index in [1.165, 1.54) is 23.6 Å². The minimum Gasteiger partial charge on any atom is -0.344 e. The lowest BCUT2D eigenvalue weighted by Crippen LogP contribution is -2.52. The van der Waals surface area contributed by atoms with E-state index in [0.29, 0.717) is 24.1 Å². The molecule has 3 aromatic rings. The van der Waals surface area contributed by atoms with E-state index in [0.717, 1.165) is 14.4 Å². The number of pyridine rings is 1. The molecule has 1 unspecified atom stereocenters. The van der Waals surface area contributed by atoms with E-state index in [9.17, 15) is 22.8 Å². The van der Waals surface area contributed by atoms with Gasteiger partial charge in [-0.3, -0.25) is 14.4 Å². The Kier molecular flexibility index (Phi) is 8.35. The zero-order valence-electron chi connectivity index (χ0n) is 20.7. The van der Waals surface area contributed by atoms with E-state index < -0.39 is 33.8 Å². The average molecular weight is 543 g/mol. The zero-order chi connectivity index (χ0) is 26.6. The Balaban J connectivity index is 1.44. The summed E-state index contributed by atoms with van der Waals surface area (Å²) in [5, 5.41) is 6.44. The number of aromatic nitrogens is 1. The van der Waals surface area contributed by atoms with Gasteiger partial charge in [0.1, 0.15) is 6.04 Å². The quantitative estimate of drug-likeness (QED) is 0.451. The second kappa shape index (κ2) is 11.5. The van der Waals surface area contributed by atoms with Crippen LogP contribution in [0.1, 0.15) is 42.8 Å². The summed E-state index contributed by atoms with van der Waals surface area (Å²) >= 11 is 1.35. The number of carbonyl (C=O) groups is 3. The molecule has 1 fully saturated rings. The van der Waals surface area contributed by atoms with E-state index in [2.05, 4.69) is 15.6 Å². The molecule has 3 heterocycles. The van der Waals surface area contributed by atoms with E-state index in [4.69, 9.17) is 0 Å². The van der Waals surface area contributed by atoms with Crippen LogP contribution in [-0.4, -0.2) is 60.5 Å². The molecule has 2 aromatic heterocycles. The predicted octanol–water partition coefficient (Wildman–Crippen LogP) is 2.98. The predicted molar refractivity (Wildman–Crippen MR) is 142 cm³/mol. The van der Waals surface area contributed by atoms with Crippen molar-refractivity contribution in [2.75, 3.05) is 13.1 Å². The molecule has 1 aliphatic heterocycles. The van der Waals surface area contributed by atoms with Crippen molar-refractivity contribution in [3.05, 3.63) is 59.6 Å². The highest BCUT2D eigenvalue weighted by atomic mass is 32.2. The van der Waals surface area contributed by atoms with Crippen LogP contribution >= 0.6 is 11.3 Å². The summed E-state index contributed by atoms with van der Waals surface area (Å²) in [5.74, 6) is -1.09. The van der Waals surface area contributed by atoms with Crippen molar-refractivity contribution < 1.29 is 22.8 Å². The smallest absolute Gasteiger partial charge is 0.262 e. The fourth-order valence-electron chi connectivity index (χ4n) is 4.28. The lowest BCUT2D eigenvalue weighted by Gasteiger charge is -2.23. The van der Waals surface area contributed by atoms with E-state index in [-0.39, 0.29) is 29.9 Å². The van der Waals surface area contributed by atoms with Crippen LogP contribution in [0.3, 0.4) is 0 Å². The summed E-state index contributed by atoms with van der Waals surface area (Å²) < 4.78 is 28.0. The van der Waals surface area contributed by atoms with Gasteiger partial charge >= 0.3 is 0 Å². The first-order chi connectivity index (χ1) is 17.6. The van der Waals surface area contributed by atoms with Gasteiger partial charge in [-0.05, 0) is 54.8 Å². The monoisotopic (exact) mass is 542 g/mol. The molecule has 0 aliphatic carbocycles. The molecule has 1 aromatic carbocycles. The Labute approximate surface area is 220 Å². The number of hydrogen-bond donors (Lipinski definition) is 2. The van der Waals surface area contributed by atoms with Gasteiger partial charge in [-0.15, -0.1) is 11.3 Å². The molecule has 4 rings (SSSR count). The Morgan fingerprint density at radius 3 is 2.62 bits per heavy atom. The molecule has 2 N–H and O–H groups in total. The normalized spacial score (nSPS) is 17.9. The third kappa shape index (κ3) is 6.41. The van der Waals surface area contributed by atoms with Gasteiger partial charge in [0.2, 0.25) is 5.91 Å². The number of nitrogens with one attached hydrogen (secondary N) is 2. The number of sulfonamides is 1. The van der Waals surface area contributed by atoms with Crippen molar-refractivity contribution in [1.82, 2.24) is 19.9 Å². The summed E-state index contributed by atoms with van der Waals surface area (Å²) in [7, 11) is -3.93. The second-order valence-electron chi connectivity index (χ2n) is 9.48. The molecule has 1 saturated heterocycles. The van der Waals surface area contributed by atoms with Crippen LogP contribution in [0.25, 0.3) is 10.1 Å². The van der Waals surface area contributed by atoms with Crippen LogP contribution in [0.4, 0.5) is 0 Å². The fourth-order valence-corrected chi connectivity index (χ4v) is 6.63. The number of nitrogens with zero attached hydrogens (tertiary/aromatic N) is 2. The number of Topliss-reactive ketones (excluding diaryl/α,β-unsaturated/α-hetero) is 1. The van der Waals surface area contributed by atoms with E-state index in [1.807, 2.05) is 38.1 Å². The van der Waals surface area contributed by atoms with Crippen molar-refractivity contribution in [2.45, 2.75) is 50.2 Å². The van der Waals surface area contributed by atoms with Crippen LogP contribution in [0.15, 0.2) is 59.8 Å². The van der Waals surface area contributed by atoms with Crippen LogP contribution in [0.5, 0.6) is 0 Å². The van der Waals surface area contributed by atoms with Crippen molar-refractivity contribution in [3.63, 3.8) is 0 Å². The lowest BCUT2D eigenvalue weighted by molar-refractivity contribution is -0.129. The largest absolute Gasteiger partial charge is 0.344 e. The molecule has 9 nitrogen and oxygen atoms in total. The maximum absolute atomic E-state index is 13.2. The third-order valence-corrected chi connectivity index (χ3v) is 9.03. The first-order valence-corrected chi connectivity index (χ1v) is 14.4. The number of hydrogen-bond acceptors (Lipinski definition) is 7. The van der Waals surface area contributed by atoms with Gasteiger partial charge in [0.05, 0.1) is 17.5 Å². The number of fused-ring (bicyclic) bond motifs is 1. The molecule has 0 saturated carbocycles. The topological polar surface area (TPSA) is 126 Å². The maximum Gasteiger partial charge on any atom is 0.262 e. The highest BCUT2D eigenvalue weighted by molar-refractivity contribution is 7.89. The fraction of sp³-hybridized carbons (Fsp3) is 0.385. The van der Waals surface area contributed by atoms with Crippen molar-refractivity contribution >= 4 is 49.0 Å². The number of thiophene rings is 1. The first-order valence-electron chi connectivity index (χ1n) is 12.2. The molecule has 1 aliphatic rings. The van der Waals surface area contributed by atoms with Gasteiger partial charge < -0.3 is 10.6 Å². The summed E-state index contributed by atoms with van der Waals surface area (Å²) in [4.78, 5) is 43.6. The van der Waals surface area contributed by atoms with Gasteiger partial charge in [0.15, 0.2) is 10.8 Å². The molecule has 0 radical (unpaired) electrons. The van der Waals surface area contributed by atoms with Gasteiger partial charge in [0.25, 0.3) is 15.9 Å². The maximum atomic E-state index is 13.2. The SMILES string of the molecule is CC(C)C[C@H](NC(=O)c1cc2ccccc2s1)C(=O)NC1CCCN(S(=O)(=O)c2ccccn2)CC1=O. The molecule has 37 heavy (non-hydrogen) atoms. The molecule has 0 spiro atoms. The van der Waals surface area contributed by atoms with Crippen LogP contribution in [-0.2, 0) is 19.6 Å². The summed E-state index contributed by atoms with van der Waals surface area (Å²) in [6.45, 7) is 3.69. The van der Waals surface area contributed by atoms with Crippen LogP contribution in [0.2, 0.25) is 0 Å². The highest BCUT2D eigenvalue weighted by Crippen LogP contribution is 2.25. The zero-order valence-corrected chi connectivity index (χ0v) is 22.3. The Morgan fingerprint density at radius 2 is 1.92 bits per heavy atom. The van der Waals surface area contributed by atoms with Crippen molar-refractivity contribution in [1.29, 1.82) is 0 Å². The number of rotatable bonds is 8. The summed E-state index contributed by atoms with van der Waals surface area (Å²) in [6, 6.07) is 12.4. The number of carbonyl (C=O) groups excluding carboxylic acids is 3. The van der Waals surface area contributed by atoms with Crippen LogP contribution in [0, 0.1) is 5.92 Å². The Morgan fingerprint density at radius 1 is 1.16 bits per heavy atom. The Bertz CT molecular complexity index is 1360. The van der Waals surface area contributed by atoms with Crippen molar-refractivity contribution in [3.8, 4) is 0 Å². The molecular formula is C26H30N4O5S2. The Hall–Kier alpha value is -3.15. The molecule has 196 valence electrons. The van der Waals surface area contributed by atoms with E-state index >= 15 is 0 Å². The first kappa shape index (κ1) is 26.9. The summed E-state index contributed by atoms with van der Waals surface area (Å²) in [5.41, 5.74) is 0. The second-order valence-corrected chi connectivity index (χ2v) is 12.4. The molecule has 0 bridgehead atoms. The number of benzene rings is 1. The minimum absolute atomic E-state index is 0.113. The molecule has 2 amide bonds. The molecular weight excluding hydrogens is 512 g/mol.